The predicted octanol–water partition coefficient (Wildman–Crippen LogP) is -0.0566. The predicted molar refractivity (Wildman–Crippen MR) is 105 cm³/mol. The lowest BCUT2D eigenvalue weighted by Gasteiger charge is -2.26. The van der Waals surface area contributed by atoms with Gasteiger partial charge >= 0.3 is 5.69 Å². The van der Waals surface area contributed by atoms with E-state index < -0.39 is 33.7 Å². The fourth-order valence-corrected chi connectivity index (χ4v) is 2.79. The molecule has 0 fully saturated rings. The van der Waals surface area contributed by atoms with Crippen LogP contribution in [0.15, 0.2) is 9.59 Å². The van der Waals surface area contributed by atoms with Crippen LogP contribution in [-0.4, -0.2) is 54.6 Å². The molecular formula is C16H29N5O5S. The number of sulfonamides is 1. The number of likely N-dealkylation sites (N-methyl/N-ethyl adjacent to an activating group) is 1. The van der Waals surface area contributed by atoms with Crippen molar-refractivity contribution in [3.05, 3.63) is 20.8 Å². The molecule has 0 bridgehead atoms. The lowest BCUT2D eigenvalue weighted by Crippen LogP contribution is -2.45. The van der Waals surface area contributed by atoms with Gasteiger partial charge in [0.15, 0.2) is 5.69 Å². The highest BCUT2D eigenvalue weighted by molar-refractivity contribution is 7.88. The molecule has 0 aliphatic carbocycles. The summed E-state index contributed by atoms with van der Waals surface area (Å²) in [6.45, 7) is 3.93. The zero-order chi connectivity index (χ0) is 20.8. The monoisotopic (exact) mass is 403 g/mol. The van der Waals surface area contributed by atoms with Crippen LogP contribution in [0, 0.1) is 0 Å². The highest BCUT2D eigenvalue weighted by Gasteiger charge is 2.26. The van der Waals surface area contributed by atoms with Crippen LogP contribution in [0.1, 0.15) is 39.5 Å². The first kappa shape index (κ1) is 22.9. The summed E-state index contributed by atoms with van der Waals surface area (Å²) in [7, 11) is -2.29. The molecule has 0 radical (unpaired) electrons. The number of hydrogen-bond acceptors (Lipinski definition) is 6. The van der Waals surface area contributed by atoms with Gasteiger partial charge in [-0.15, -0.1) is 0 Å². The number of hydrogen-bond donors (Lipinski definition) is 2. The van der Waals surface area contributed by atoms with E-state index in [0.29, 0.717) is 19.4 Å². The van der Waals surface area contributed by atoms with Crippen molar-refractivity contribution in [3.8, 4) is 0 Å². The molecule has 0 saturated carbocycles. The number of anilines is 2. The van der Waals surface area contributed by atoms with E-state index in [1.807, 2.05) is 13.8 Å². The fourth-order valence-electron chi connectivity index (χ4n) is 2.45. The summed E-state index contributed by atoms with van der Waals surface area (Å²) in [5, 5.41) is 0. The molecule has 1 rings (SSSR count). The van der Waals surface area contributed by atoms with E-state index in [4.69, 9.17) is 5.73 Å². The maximum absolute atomic E-state index is 12.7. The second kappa shape index (κ2) is 9.70. The molecule has 1 heterocycles. The molecule has 1 aromatic heterocycles. The zero-order valence-corrected chi connectivity index (χ0v) is 17.1. The number of aromatic nitrogens is 2. The SMILES string of the molecule is CCCCN(C(=O)CN(C)S(C)(=O)=O)c1c(N)n(CCCC)c(=O)[nH]c1=O. The smallest absolute Gasteiger partial charge is 0.330 e. The van der Waals surface area contributed by atoms with Crippen molar-refractivity contribution in [2.24, 2.45) is 0 Å². The fraction of sp³-hybridized carbons (Fsp3) is 0.688. The number of aromatic amines is 1. The molecule has 0 spiro atoms. The largest absolute Gasteiger partial charge is 0.383 e. The molecule has 0 unspecified atom stereocenters. The van der Waals surface area contributed by atoms with Gasteiger partial charge in [0, 0.05) is 20.1 Å². The standard InChI is InChI=1S/C16H29N5O5S/c1-5-7-9-20(12(22)11-19(3)27(4,25)26)13-14(17)21(10-8-6-2)16(24)18-15(13)23/h5-11,17H2,1-4H3,(H,18,23,24). The second-order valence-electron chi connectivity index (χ2n) is 6.42. The van der Waals surface area contributed by atoms with Crippen molar-refractivity contribution in [2.75, 3.05) is 37.0 Å². The van der Waals surface area contributed by atoms with E-state index in [0.717, 1.165) is 23.4 Å². The highest BCUT2D eigenvalue weighted by Crippen LogP contribution is 2.18. The van der Waals surface area contributed by atoms with E-state index in [1.165, 1.54) is 16.5 Å². The Kier molecular flexibility index (Phi) is 8.22. The number of nitrogen functional groups attached to an aromatic ring is 1. The summed E-state index contributed by atoms with van der Waals surface area (Å²) < 4.78 is 25.3. The van der Waals surface area contributed by atoms with Crippen LogP contribution in [0.5, 0.6) is 0 Å². The first-order valence-corrected chi connectivity index (χ1v) is 10.7. The van der Waals surface area contributed by atoms with Crippen molar-refractivity contribution in [3.63, 3.8) is 0 Å². The highest BCUT2D eigenvalue weighted by atomic mass is 32.2. The van der Waals surface area contributed by atoms with E-state index in [1.54, 1.807) is 0 Å². The summed E-state index contributed by atoms with van der Waals surface area (Å²) in [6.07, 6.45) is 3.82. The van der Waals surface area contributed by atoms with Gasteiger partial charge in [-0.3, -0.25) is 19.1 Å². The quantitative estimate of drug-likeness (QED) is 0.561. The summed E-state index contributed by atoms with van der Waals surface area (Å²) in [4.78, 5) is 40.6. The Balaban J connectivity index is 3.40. The lowest BCUT2D eigenvalue weighted by atomic mass is 10.2. The zero-order valence-electron chi connectivity index (χ0n) is 16.3. The molecule has 10 nitrogen and oxygen atoms in total. The van der Waals surface area contributed by atoms with Crippen molar-refractivity contribution in [1.82, 2.24) is 13.9 Å². The number of nitrogens with two attached hydrogens (primary N) is 1. The summed E-state index contributed by atoms with van der Waals surface area (Å²) in [6, 6.07) is 0. The Morgan fingerprint density at radius 1 is 1.19 bits per heavy atom. The van der Waals surface area contributed by atoms with Crippen LogP contribution in [0.25, 0.3) is 0 Å². The minimum atomic E-state index is -3.57. The minimum absolute atomic E-state index is 0.0938. The molecule has 0 atom stereocenters. The first-order valence-electron chi connectivity index (χ1n) is 8.88. The molecule has 1 aromatic rings. The van der Waals surface area contributed by atoms with Gasteiger partial charge in [-0.25, -0.2) is 13.2 Å². The van der Waals surface area contributed by atoms with Crippen molar-refractivity contribution in [1.29, 1.82) is 0 Å². The van der Waals surface area contributed by atoms with Crippen molar-refractivity contribution in [2.45, 2.75) is 46.1 Å². The van der Waals surface area contributed by atoms with E-state index >= 15 is 0 Å². The van der Waals surface area contributed by atoms with Crippen LogP contribution < -0.4 is 21.9 Å². The molecule has 1 amide bonds. The van der Waals surface area contributed by atoms with E-state index in [-0.39, 0.29) is 18.1 Å². The normalized spacial score (nSPS) is 11.7. The van der Waals surface area contributed by atoms with Gasteiger partial charge in [-0.05, 0) is 12.8 Å². The number of carbonyl (C=O) groups excluding carboxylic acids is 1. The molecule has 0 saturated heterocycles. The molecule has 27 heavy (non-hydrogen) atoms. The minimum Gasteiger partial charge on any atom is -0.383 e. The van der Waals surface area contributed by atoms with Gasteiger partial charge in [0.1, 0.15) is 5.82 Å². The third kappa shape index (κ3) is 5.93. The van der Waals surface area contributed by atoms with Gasteiger partial charge in [0.25, 0.3) is 5.56 Å². The number of nitrogens with one attached hydrogen (secondary N) is 1. The molecule has 11 heteroatoms. The maximum Gasteiger partial charge on any atom is 0.330 e. The lowest BCUT2D eigenvalue weighted by molar-refractivity contribution is -0.118. The summed E-state index contributed by atoms with van der Waals surface area (Å²) in [5.41, 5.74) is 4.55. The molecule has 0 aromatic carbocycles. The molecule has 3 N–H and O–H groups in total. The van der Waals surface area contributed by atoms with Gasteiger partial charge in [-0.2, -0.15) is 4.31 Å². The second-order valence-corrected chi connectivity index (χ2v) is 8.51. The Bertz CT molecular complexity index is 874. The maximum atomic E-state index is 12.7. The number of unbranched alkanes of at least 4 members (excludes halogenated alkanes) is 2. The van der Waals surface area contributed by atoms with E-state index in [2.05, 4.69) is 4.98 Å². The summed E-state index contributed by atoms with van der Waals surface area (Å²) >= 11 is 0. The number of carbonyl (C=O) groups is 1. The third-order valence-electron chi connectivity index (χ3n) is 4.18. The number of rotatable bonds is 10. The topological polar surface area (TPSA) is 139 Å². The van der Waals surface area contributed by atoms with Crippen molar-refractivity contribution >= 4 is 27.4 Å². The van der Waals surface area contributed by atoms with Crippen LogP contribution in [0.2, 0.25) is 0 Å². The molecule has 0 aliphatic heterocycles. The Hall–Kier alpha value is -2.14. The third-order valence-corrected chi connectivity index (χ3v) is 5.44. The molecule has 0 aliphatic rings. The average molecular weight is 404 g/mol. The Labute approximate surface area is 159 Å². The van der Waals surface area contributed by atoms with Crippen LogP contribution in [0.4, 0.5) is 11.5 Å². The Morgan fingerprint density at radius 3 is 2.30 bits per heavy atom. The van der Waals surface area contributed by atoms with Gasteiger partial charge in [0.05, 0.1) is 12.8 Å². The number of nitrogens with zero attached hydrogens (tertiary/aromatic N) is 3. The molecular weight excluding hydrogens is 374 g/mol. The number of amides is 1. The summed E-state index contributed by atoms with van der Waals surface area (Å²) in [5.74, 6) is -0.682. The van der Waals surface area contributed by atoms with Crippen LogP contribution in [-0.2, 0) is 21.4 Å². The first-order chi connectivity index (χ1) is 12.5. The molecule has 154 valence electrons. The van der Waals surface area contributed by atoms with E-state index in [9.17, 15) is 22.8 Å². The van der Waals surface area contributed by atoms with Crippen LogP contribution >= 0.6 is 0 Å². The van der Waals surface area contributed by atoms with Gasteiger partial charge in [0.2, 0.25) is 15.9 Å². The van der Waals surface area contributed by atoms with Crippen molar-refractivity contribution < 1.29 is 13.2 Å². The van der Waals surface area contributed by atoms with Gasteiger partial charge in [-0.1, -0.05) is 26.7 Å². The van der Waals surface area contributed by atoms with Gasteiger partial charge < -0.3 is 10.6 Å². The average Bonchev–Trinajstić information content (AvgIpc) is 2.56. The number of H-pyrrole nitrogens is 1. The Morgan fingerprint density at radius 2 is 1.78 bits per heavy atom. The van der Waals surface area contributed by atoms with Crippen LogP contribution in [0.3, 0.4) is 0 Å².